The Kier molecular flexibility index (Phi) is 4.44. The summed E-state index contributed by atoms with van der Waals surface area (Å²) in [7, 11) is 0. The highest BCUT2D eigenvalue weighted by atomic mass is 16.6. The molecule has 1 heterocycles. The number of benzene rings is 1. The molecule has 0 aromatic heterocycles. The molecule has 1 aliphatic carbocycles. The lowest BCUT2D eigenvalue weighted by Crippen LogP contribution is -2.62. The van der Waals surface area contributed by atoms with E-state index in [-0.39, 0.29) is 11.6 Å². The third-order valence-corrected chi connectivity index (χ3v) is 4.65. The van der Waals surface area contributed by atoms with E-state index >= 15 is 0 Å². The minimum Gasteiger partial charge on any atom is -0.445 e. The molecule has 1 N–H and O–H groups in total. The molecule has 4 nitrogen and oxygen atoms in total. The van der Waals surface area contributed by atoms with Crippen LogP contribution >= 0.6 is 0 Å². The van der Waals surface area contributed by atoms with E-state index in [1.807, 2.05) is 35.2 Å². The van der Waals surface area contributed by atoms with Crippen molar-refractivity contribution < 1.29 is 9.53 Å². The molecule has 0 unspecified atom stereocenters. The lowest BCUT2D eigenvalue weighted by atomic mass is 9.80. The lowest BCUT2D eigenvalue weighted by Gasteiger charge is -2.45. The summed E-state index contributed by atoms with van der Waals surface area (Å²) in [4.78, 5) is 14.2. The zero-order chi connectivity index (χ0) is 14.5. The average molecular weight is 288 g/mol. The minimum atomic E-state index is -0.176. The molecular weight excluding hydrogens is 264 g/mol. The first-order valence-electron chi connectivity index (χ1n) is 7.98. The van der Waals surface area contributed by atoms with Gasteiger partial charge in [-0.15, -0.1) is 0 Å². The molecule has 0 bridgehead atoms. The number of carbonyl (C=O) groups excluding carboxylic acids is 1. The minimum absolute atomic E-state index is 0.141. The van der Waals surface area contributed by atoms with Crippen molar-refractivity contribution in [2.45, 2.75) is 44.2 Å². The van der Waals surface area contributed by atoms with Crippen molar-refractivity contribution in [1.82, 2.24) is 10.2 Å². The van der Waals surface area contributed by atoms with Crippen LogP contribution in [0.15, 0.2) is 30.3 Å². The number of ether oxygens (including phenoxy) is 1. The van der Waals surface area contributed by atoms with Crippen molar-refractivity contribution in [3.63, 3.8) is 0 Å². The molecular formula is C17H24N2O2. The van der Waals surface area contributed by atoms with E-state index in [0.29, 0.717) is 6.61 Å². The van der Waals surface area contributed by atoms with Crippen molar-refractivity contribution in [3.05, 3.63) is 35.9 Å². The van der Waals surface area contributed by atoms with E-state index in [2.05, 4.69) is 5.32 Å². The Morgan fingerprint density at radius 2 is 1.95 bits per heavy atom. The maximum Gasteiger partial charge on any atom is 0.410 e. The maximum atomic E-state index is 12.3. The summed E-state index contributed by atoms with van der Waals surface area (Å²) in [6, 6.07) is 9.85. The van der Waals surface area contributed by atoms with Crippen molar-refractivity contribution in [2.24, 2.45) is 0 Å². The van der Waals surface area contributed by atoms with Gasteiger partial charge < -0.3 is 15.0 Å². The van der Waals surface area contributed by atoms with Crippen molar-refractivity contribution in [2.75, 3.05) is 19.6 Å². The van der Waals surface area contributed by atoms with E-state index < -0.39 is 0 Å². The van der Waals surface area contributed by atoms with E-state index in [4.69, 9.17) is 4.74 Å². The third-order valence-electron chi connectivity index (χ3n) is 4.65. The topological polar surface area (TPSA) is 41.6 Å². The molecule has 1 spiro atoms. The highest BCUT2D eigenvalue weighted by Crippen LogP contribution is 2.30. The fourth-order valence-electron chi connectivity index (χ4n) is 3.49. The monoisotopic (exact) mass is 288 g/mol. The number of piperazine rings is 1. The second-order valence-corrected chi connectivity index (χ2v) is 6.23. The Hall–Kier alpha value is -1.55. The van der Waals surface area contributed by atoms with Gasteiger partial charge in [-0.3, -0.25) is 0 Å². The van der Waals surface area contributed by atoms with Gasteiger partial charge in [-0.1, -0.05) is 49.6 Å². The number of nitrogens with zero attached hydrogens (tertiary/aromatic N) is 1. The molecule has 0 radical (unpaired) electrons. The summed E-state index contributed by atoms with van der Waals surface area (Å²) >= 11 is 0. The number of hydrogen-bond acceptors (Lipinski definition) is 3. The summed E-state index contributed by atoms with van der Waals surface area (Å²) in [5.74, 6) is 0. The summed E-state index contributed by atoms with van der Waals surface area (Å²) < 4.78 is 5.46. The first-order chi connectivity index (χ1) is 10.3. The van der Waals surface area contributed by atoms with Gasteiger partial charge in [-0.2, -0.15) is 0 Å². The second-order valence-electron chi connectivity index (χ2n) is 6.23. The standard InChI is InChI=1S/C17H24N2O2/c20-16(21-13-15-7-3-1-4-8-15)19-12-11-18-17(14-19)9-5-2-6-10-17/h1,3-4,7-8,18H,2,5-6,9-14H2. The molecule has 1 saturated heterocycles. The normalized spacial score (nSPS) is 21.2. The summed E-state index contributed by atoms with van der Waals surface area (Å²) in [5.41, 5.74) is 1.18. The Morgan fingerprint density at radius 3 is 2.71 bits per heavy atom. The first-order valence-corrected chi connectivity index (χ1v) is 7.98. The van der Waals surface area contributed by atoms with E-state index in [9.17, 15) is 4.79 Å². The van der Waals surface area contributed by atoms with E-state index in [1.165, 1.54) is 32.1 Å². The van der Waals surface area contributed by atoms with Gasteiger partial charge in [0.1, 0.15) is 6.61 Å². The van der Waals surface area contributed by atoms with Crippen LogP contribution < -0.4 is 5.32 Å². The van der Waals surface area contributed by atoms with Gasteiger partial charge in [0.05, 0.1) is 0 Å². The van der Waals surface area contributed by atoms with Gasteiger partial charge in [0, 0.05) is 25.2 Å². The SMILES string of the molecule is O=C(OCc1ccccc1)N1CCNC2(CCCCC2)C1. The van der Waals surface area contributed by atoms with Crippen molar-refractivity contribution >= 4 is 6.09 Å². The van der Waals surface area contributed by atoms with Crippen LogP contribution in [0.5, 0.6) is 0 Å². The molecule has 2 aliphatic rings. The molecule has 1 amide bonds. The molecule has 0 atom stereocenters. The van der Waals surface area contributed by atoms with Gasteiger partial charge >= 0.3 is 6.09 Å². The van der Waals surface area contributed by atoms with Crippen LogP contribution in [0.4, 0.5) is 4.79 Å². The van der Waals surface area contributed by atoms with Crippen LogP contribution in [0.25, 0.3) is 0 Å². The van der Waals surface area contributed by atoms with Gasteiger partial charge in [-0.25, -0.2) is 4.79 Å². The fourth-order valence-corrected chi connectivity index (χ4v) is 3.49. The number of carbonyl (C=O) groups is 1. The zero-order valence-electron chi connectivity index (χ0n) is 12.5. The van der Waals surface area contributed by atoms with Gasteiger partial charge in [0.15, 0.2) is 0 Å². The number of amides is 1. The molecule has 1 aliphatic heterocycles. The van der Waals surface area contributed by atoms with E-state index in [0.717, 1.165) is 25.2 Å². The Morgan fingerprint density at radius 1 is 1.19 bits per heavy atom. The smallest absolute Gasteiger partial charge is 0.410 e. The lowest BCUT2D eigenvalue weighted by molar-refractivity contribution is 0.0584. The van der Waals surface area contributed by atoms with Crippen LogP contribution in [-0.4, -0.2) is 36.2 Å². The van der Waals surface area contributed by atoms with Crippen molar-refractivity contribution in [3.8, 4) is 0 Å². The third kappa shape index (κ3) is 3.56. The highest BCUT2D eigenvalue weighted by molar-refractivity contribution is 5.68. The zero-order valence-corrected chi connectivity index (χ0v) is 12.5. The number of nitrogens with one attached hydrogen (secondary N) is 1. The predicted molar refractivity (Wildman–Crippen MR) is 82.0 cm³/mol. The summed E-state index contributed by atoms with van der Waals surface area (Å²) in [6.45, 7) is 2.77. The summed E-state index contributed by atoms with van der Waals surface area (Å²) in [6.07, 6.45) is 6.03. The van der Waals surface area contributed by atoms with Crippen LogP contribution in [0.1, 0.15) is 37.7 Å². The number of hydrogen-bond donors (Lipinski definition) is 1. The van der Waals surface area contributed by atoms with Gasteiger partial charge in [-0.05, 0) is 18.4 Å². The molecule has 4 heteroatoms. The first kappa shape index (κ1) is 14.4. The molecule has 2 fully saturated rings. The maximum absolute atomic E-state index is 12.3. The van der Waals surface area contributed by atoms with Crippen LogP contribution in [0.3, 0.4) is 0 Å². The average Bonchev–Trinajstić information content (AvgIpc) is 2.54. The van der Waals surface area contributed by atoms with Crippen molar-refractivity contribution in [1.29, 1.82) is 0 Å². The summed E-state index contributed by atoms with van der Waals surface area (Å²) in [5, 5.41) is 3.64. The largest absolute Gasteiger partial charge is 0.445 e. The molecule has 1 saturated carbocycles. The Bertz CT molecular complexity index is 463. The van der Waals surface area contributed by atoms with Crippen LogP contribution in [0.2, 0.25) is 0 Å². The molecule has 21 heavy (non-hydrogen) atoms. The molecule has 1 aromatic carbocycles. The highest BCUT2D eigenvalue weighted by Gasteiger charge is 2.38. The number of rotatable bonds is 2. The Labute approximate surface area is 126 Å². The fraction of sp³-hybridized carbons (Fsp3) is 0.588. The van der Waals surface area contributed by atoms with Crippen LogP contribution in [0, 0.1) is 0 Å². The van der Waals surface area contributed by atoms with E-state index in [1.54, 1.807) is 0 Å². The predicted octanol–water partition coefficient (Wildman–Crippen LogP) is 2.93. The Balaban J connectivity index is 1.54. The second kappa shape index (κ2) is 6.48. The quantitative estimate of drug-likeness (QED) is 0.909. The molecule has 1 aromatic rings. The van der Waals surface area contributed by atoms with Crippen LogP contribution in [-0.2, 0) is 11.3 Å². The van der Waals surface area contributed by atoms with Gasteiger partial charge in [0.2, 0.25) is 0 Å². The molecule has 3 rings (SSSR count). The molecule has 114 valence electrons. The van der Waals surface area contributed by atoms with Gasteiger partial charge in [0.25, 0.3) is 0 Å².